The van der Waals surface area contributed by atoms with Gasteiger partial charge in [0.25, 0.3) is 0 Å². The van der Waals surface area contributed by atoms with Gasteiger partial charge in [-0.25, -0.2) is 0 Å². The van der Waals surface area contributed by atoms with Gasteiger partial charge in [-0.3, -0.25) is 4.79 Å². The van der Waals surface area contributed by atoms with Gasteiger partial charge in [-0.1, -0.05) is 6.92 Å². The molecule has 3 nitrogen and oxygen atoms in total. The molecular weight excluding hydrogens is 152 g/mol. The Morgan fingerprint density at radius 1 is 1.58 bits per heavy atom. The minimum Gasteiger partial charge on any atom is -0.351 e. The summed E-state index contributed by atoms with van der Waals surface area (Å²) in [6.07, 6.45) is 0.280. The van der Waals surface area contributed by atoms with Gasteiger partial charge in [0.2, 0.25) is 5.91 Å². The summed E-state index contributed by atoms with van der Waals surface area (Å²) in [6.45, 7) is 7.52. The van der Waals surface area contributed by atoms with Crippen LogP contribution in [0, 0.1) is 17.2 Å². The van der Waals surface area contributed by atoms with Crippen molar-refractivity contribution >= 4 is 5.91 Å². The van der Waals surface area contributed by atoms with Gasteiger partial charge in [0, 0.05) is 17.9 Å². The van der Waals surface area contributed by atoms with Crippen LogP contribution in [0.1, 0.15) is 34.1 Å². The van der Waals surface area contributed by atoms with Crippen molar-refractivity contribution in [1.29, 1.82) is 5.26 Å². The van der Waals surface area contributed by atoms with Crippen LogP contribution >= 0.6 is 0 Å². The Morgan fingerprint density at radius 3 is 2.42 bits per heavy atom. The first kappa shape index (κ1) is 11.0. The third-order valence-electron chi connectivity index (χ3n) is 1.34. The van der Waals surface area contributed by atoms with Crippen molar-refractivity contribution in [3.05, 3.63) is 0 Å². The van der Waals surface area contributed by atoms with E-state index in [9.17, 15) is 4.79 Å². The number of hydrogen-bond acceptors (Lipinski definition) is 2. The molecule has 0 spiro atoms. The normalized spacial score (nSPS) is 13.2. The van der Waals surface area contributed by atoms with Crippen molar-refractivity contribution in [2.24, 2.45) is 5.92 Å². The topological polar surface area (TPSA) is 52.9 Å². The van der Waals surface area contributed by atoms with E-state index in [2.05, 4.69) is 5.32 Å². The molecule has 0 fully saturated rings. The summed E-state index contributed by atoms with van der Waals surface area (Å²) < 4.78 is 0. The molecule has 0 aliphatic carbocycles. The van der Waals surface area contributed by atoms with Crippen molar-refractivity contribution in [2.75, 3.05) is 0 Å². The number of hydrogen-bond donors (Lipinski definition) is 1. The van der Waals surface area contributed by atoms with E-state index in [1.807, 2.05) is 26.8 Å². The maximum Gasteiger partial charge on any atom is 0.224 e. The number of carbonyl (C=O) groups excluding carboxylic acids is 1. The van der Waals surface area contributed by atoms with Crippen molar-refractivity contribution < 1.29 is 4.79 Å². The molecule has 0 radical (unpaired) electrons. The highest BCUT2D eigenvalue weighted by atomic mass is 16.2. The highest BCUT2D eigenvalue weighted by Crippen LogP contribution is 2.05. The number of amides is 1. The molecule has 12 heavy (non-hydrogen) atoms. The number of nitrogens with one attached hydrogen (secondary N) is 1. The highest BCUT2D eigenvalue weighted by Gasteiger charge is 2.18. The van der Waals surface area contributed by atoms with Gasteiger partial charge in [-0.15, -0.1) is 0 Å². The minimum absolute atomic E-state index is 0.0518. The predicted molar refractivity (Wildman–Crippen MR) is 47.3 cm³/mol. The second-order valence-electron chi connectivity index (χ2n) is 4.00. The average Bonchev–Trinajstić information content (AvgIpc) is 1.84. The Hall–Kier alpha value is -1.04. The van der Waals surface area contributed by atoms with Gasteiger partial charge < -0.3 is 5.32 Å². The molecule has 0 aromatic rings. The maximum absolute atomic E-state index is 11.3. The van der Waals surface area contributed by atoms with Crippen molar-refractivity contribution in [1.82, 2.24) is 5.32 Å². The summed E-state index contributed by atoms with van der Waals surface area (Å²) >= 11 is 0. The standard InChI is InChI=1S/C9H16N2O/c1-7(5-6-10)8(12)11-9(2,3)4/h7H,5H2,1-4H3,(H,11,12). The largest absolute Gasteiger partial charge is 0.351 e. The Balaban J connectivity index is 3.98. The molecule has 0 rings (SSSR count). The molecule has 0 aromatic carbocycles. The zero-order chi connectivity index (χ0) is 9.78. The van der Waals surface area contributed by atoms with E-state index < -0.39 is 0 Å². The van der Waals surface area contributed by atoms with Gasteiger partial charge in [-0.05, 0) is 20.8 Å². The van der Waals surface area contributed by atoms with Crippen LogP contribution in [0.5, 0.6) is 0 Å². The number of rotatable bonds is 2. The Labute approximate surface area is 73.8 Å². The molecule has 0 saturated carbocycles. The summed E-state index contributed by atoms with van der Waals surface area (Å²) in [4.78, 5) is 11.3. The molecule has 68 valence electrons. The fraction of sp³-hybridized carbons (Fsp3) is 0.778. The van der Waals surface area contributed by atoms with E-state index in [0.29, 0.717) is 0 Å². The van der Waals surface area contributed by atoms with Crippen LogP contribution in [0.4, 0.5) is 0 Å². The van der Waals surface area contributed by atoms with E-state index >= 15 is 0 Å². The quantitative estimate of drug-likeness (QED) is 0.678. The molecule has 0 heterocycles. The van der Waals surface area contributed by atoms with Crippen LogP contribution in [0.3, 0.4) is 0 Å². The third kappa shape index (κ3) is 4.73. The first-order chi connectivity index (χ1) is 5.37. The number of carbonyl (C=O) groups is 1. The molecule has 1 N–H and O–H groups in total. The summed E-state index contributed by atoms with van der Waals surface area (Å²) in [6, 6.07) is 1.97. The smallest absolute Gasteiger partial charge is 0.224 e. The van der Waals surface area contributed by atoms with E-state index in [-0.39, 0.29) is 23.8 Å². The molecule has 0 aromatic heterocycles. The number of nitrogens with zero attached hydrogens (tertiary/aromatic N) is 1. The minimum atomic E-state index is -0.214. The van der Waals surface area contributed by atoms with Gasteiger partial charge in [0.05, 0.1) is 6.07 Å². The monoisotopic (exact) mass is 168 g/mol. The molecule has 0 bridgehead atoms. The molecule has 0 aliphatic heterocycles. The summed E-state index contributed by atoms with van der Waals surface area (Å²) in [5, 5.41) is 11.2. The zero-order valence-electron chi connectivity index (χ0n) is 8.14. The molecule has 0 saturated heterocycles. The lowest BCUT2D eigenvalue weighted by molar-refractivity contribution is -0.125. The van der Waals surface area contributed by atoms with Gasteiger partial charge >= 0.3 is 0 Å². The van der Waals surface area contributed by atoms with E-state index in [1.165, 1.54) is 0 Å². The zero-order valence-corrected chi connectivity index (χ0v) is 8.14. The van der Waals surface area contributed by atoms with Crippen molar-refractivity contribution in [3.63, 3.8) is 0 Å². The summed E-state index contributed by atoms with van der Waals surface area (Å²) in [5.41, 5.74) is -0.208. The first-order valence-electron chi connectivity index (χ1n) is 4.06. The fourth-order valence-electron chi connectivity index (χ4n) is 0.722. The molecule has 0 aliphatic rings. The van der Waals surface area contributed by atoms with Crippen LogP contribution < -0.4 is 5.32 Å². The van der Waals surface area contributed by atoms with Gasteiger partial charge in [0.15, 0.2) is 0 Å². The number of nitriles is 1. The highest BCUT2D eigenvalue weighted by molar-refractivity contribution is 5.79. The Kier molecular flexibility index (Phi) is 3.75. The molecular formula is C9H16N2O. The van der Waals surface area contributed by atoms with E-state index in [0.717, 1.165) is 0 Å². The van der Waals surface area contributed by atoms with Crippen LogP contribution in [-0.4, -0.2) is 11.4 Å². The van der Waals surface area contributed by atoms with E-state index in [1.54, 1.807) is 6.92 Å². The Bertz CT molecular complexity index is 198. The van der Waals surface area contributed by atoms with E-state index in [4.69, 9.17) is 5.26 Å². The van der Waals surface area contributed by atoms with Crippen molar-refractivity contribution in [2.45, 2.75) is 39.7 Å². The second-order valence-corrected chi connectivity index (χ2v) is 4.00. The molecule has 1 amide bonds. The predicted octanol–water partition coefficient (Wildman–Crippen LogP) is 1.45. The van der Waals surface area contributed by atoms with Crippen LogP contribution in [0.2, 0.25) is 0 Å². The SMILES string of the molecule is CC(CC#N)C(=O)NC(C)(C)C. The van der Waals surface area contributed by atoms with Crippen molar-refractivity contribution in [3.8, 4) is 6.07 Å². The maximum atomic E-state index is 11.3. The van der Waals surface area contributed by atoms with Crippen LogP contribution in [-0.2, 0) is 4.79 Å². The average molecular weight is 168 g/mol. The van der Waals surface area contributed by atoms with Gasteiger partial charge in [-0.2, -0.15) is 5.26 Å². The summed E-state index contributed by atoms with van der Waals surface area (Å²) in [7, 11) is 0. The fourth-order valence-corrected chi connectivity index (χ4v) is 0.722. The lowest BCUT2D eigenvalue weighted by atomic mass is 10.0. The lowest BCUT2D eigenvalue weighted by Gasteiger charge is -2.22. The van der Waals surface area contributed by atoms with Crippen LogP contribution in [0.25, 0.3) is 0 Å². The summed E-state index contributed by atoms with van der Waals surface area (Å²) in [5.74, 6) is -0.265. The van der Waals surface area contributed by atoms with Crippen LogP contribution in [0.15, 0.2) is 0 Å². The second kappa shape index (κ2) is 4.10. The lowest BCUT2D eigenvalue weighted by Crippen LogP contribution is -2.43. The Morgan fingerprint density at radius 2 is 2.08 bits per heavy atom. The molecule has 1 atom stereocenters. The van der Waals surface area contributed by atoms with Gasteiger partial charge in [0.1, 0.15) is 0 Å². The molecule has 3 heteroatoms. The first-order valence-corrected chi connectivity index (χ1v) is 4.06. The molecule has 1 unspecified atom stereocenters. The third-order valence-corrected chi connectivity index (χ3v) is 1.34.